The van der Waals surface area contributed by atoms with E-state index in [1.54, 1.807) is 17.0 Å². The number of carbonyl (C=O) groups is 3. The second-order valence-electron chi connectivity index (χ2n) is 7.87. The molecule has 0 aromatic heterocycles. The van der Waals surface area contributed by atoms with Gasteiger partial charge in [-0.25, -0.2) is 0 Å². The lowest BCUT2D eigenvalue weighted by Gasteiger charge is -2.31. The van der Waals surface area contributed by atoms with Gasteiger partial charge >= 0.3 is 0 Å². The molecule has 3 fully saturated rings. The van der Waals surface area contributed by atoms with Gasteiger partial charge in [-0.3, -0.25) is 14.4 Å². The molecule has 0 radical (unpaired) electrons. The zero-order valence-electron chi connectivity index (χ0n) is 16.1. The topological polar surface area (TPSA) is 79.0 Å². The molecule has 28 heavy (non-hydrogen) atoms. The van der Waals surface area contributed by atoms with E-state index in [9.17, 15) is 14.4 Å². The van der Waals surface area contributed by atoms with E-state index in [1.165, 1.54) is 19.3 Å². The van der Waals surface area contributed by atoms with Crippen LogP contribution in [0.5, 0.6) is 0 Å². The molecule has 2 aliphatic heterocycles. The highest BCUT2D eigenvalue weighted by Crippen LogP contribution is 2.29. The Kier molecular flexibility index (Phi) is 5.62. The maximum atomic E-state index is 12.7. The summed E-state index contributed by atoms with van der Waals surface area (Å²) in [5.41, 5.74) is 1.48. The molecule has 2 saturated heterocycles. The van der Waals surface area contributed by atoms with Crippen LogP contribution in [0.1, 0.15) is 38.5 Å². The predicted octanol–water partition coefficient (Wildman–Crippen LogP) is 2.17. The van der Waals surface area contributed by atoms with E-state index in [-0.39, 0.29) is 30.2 Å². The first kappa shape index (κ1) is 18.9. The Balaban J connectivity index is 1.34. The molecule has 1 aromatic carbocycles. The molecule has 1 saturated carbocycles. The fourth-order valence-corrected chi connectivity index (χ4v) is 4.41. The number of carbonyl (C=O) groups excluding carboxylic acids is 3. The number of hydrogen-bond acceptors (Lipinski definition) is 4. The van der Waals surface area contributed by atoms with Gasteiger partial charge in [0, 0.05) is 36.9 Å². The van der Waals surface area contributed by atoms with Crippen molar-refractivity contribution < 1.29 is 19.1 Å². The number of likely N-dealkylation sites (tertiary alicyclic amines) is 1. The minimum absolute atomic E-state index is 0.0599. The summed E-state index contributed by atoms with van der Waals surface area (Å²) in [6.07, 6.45) is 5.99. The van der Waals surface area contributed by atoms with Crippen molar-refractivity contribution in [2.45, 2.75) is 44.6 Å². The number of nitrogens with zero attached hydrogens (tertiary/aromatic N) is 2. The van der Waals surface area contributed by atoms with Gasteiger partial charge in [-0.15, -0.1) is 0 Å². The zero-order chi connectivity index (χ0) is 19.5. The van der Waals surface area contributed by atoms with Crippen molar-refractivity contribution in [3.05, 3.63) is 24.3 Å². The minimum atomic E-state index is -0.296. The molecule has 7 nitrogen and oxygen atoms in total. The number of morpholine rings is 1. The first-order valence-electron chi connectivity index (χ1n) is 10.2. The number of amides is 3. The van der Waals surface area contributed by atoms with Crippen molar-refractivity contribution in [3.63, 3.8) is 0 Å². The minimum Gasteiger partial charge on any atom is -0.370 e. The van der Waals surface area contributed by atoms with E-state index in [0.717, 1.165) is 18.5 Å². The first-order chi connectivity index (χ1) is 13.6. The van der Waals surface area contributed by atoms with Gasteiger partial charge in [0.15, 0.2) is 0 Å². The van der Waals surface area contributed by atoms with Crippen molar-refractivity contribution in [2.24, 2.45) is 5.92 Å². The highest BCUT2D eigenvalue weighted by Gasteiger charge is 2.38. The molecular formula is C21H27N3O4. The Morgan fingerprint density at radius 2 is 1.79 bits per heavy atom. The van der Waals surface area contributed by atoms with Gasteiger partial charge in [-0.1, -0.05) is 19.3 Å². The largest absolute Gasteiger partial charge is 0.370 e. The van der Waals surface area contributed by atoms with E-state index >= 15 is 0 Å². The Morgan fingerprint density at radius 1 is 1.04 bits per heavy atom. The summed E-state index contributed by atoms with van der Waals surface area (Å²) in [6.45, 7) is 1.69. The van der Waals surface area contributed by atoms with E-state index < -0.39 is 0 Å². The first-order valence-corrected chi connectivity index (χ1v) is 10.2. The van der Waals surface area contributed by atoms with Gasteiger partial charge in [-0.05, 0) is 37.1 Å². The second-order valence-corrected chi connectivity index (χ2v) is 7.87. The van der Waals surface area contributed by atoms with Crippen LogP contribution in [0.15, 0.2) is 24.3 Å². The number of ether oxygens (including phenoxy) is 1. The molecule has 150 valence electrons. The number of rotatable bonds is 4. The van der Waals surface area contributed by atoms with Crippen LogP contribution in [0.25, 0.3) is 0 Å². The highest BCUT2D eigenvalue weighted by molar-refractivity contribution is 5.98. The lowest BCUT2D eigenvalue weighted by molar-refractivity contribution is -0.130. The smallest absolute Gasteiger partial charge is 0.253 e. The zero-order valence-corrected chi connectivity index (χ0v) is 16.1. The molecule has 1 aliphatic carbocycles. The summed E-state index contributed by atoms with van der Waals surface area (Å²) in [6, 6.07) is 7.56. The third-order valence-electron chi connectivity index (χ3n) is 5.98. The maximum absolute atomic E-state index is 12.7. The molecule has 2 heterocycles. The van der Waals surface area contributed by atoms with Crippen molar-refractivity contribution >= 4 is 29.1 Å². The van der Waals surface area contributed by atoms with Gasteiger partial charge in [0.1, 0.15) is 6.61 Å². The number of anilines is 2. The van der Waals surface area contributed by atoms with Crippen molar-refractivity contribution in [1.29, 1.82) is 0 Å². The van der Waals surface area contributed by atoms with Gasteiger partial charge in [0.05, 0.1) is 12.5 Å². The summed E-state index contributed by atoms with van der Waals surface area (Å²) in [4.78, 5) is 40.6. The van der Waals surface area contributed by atoms with E-state index in [0.29, 0.717) is 37.8 Å². The normalized spacial score (nSPS) is 23.9. The molecule has 1 N–H and O–H groups in total. The molecule has 0 bridgehead atoms. The van der Waals surface area contributed by atoms with Crippen LogP contribution in [0.2, 0.25) is 0 Å². The third kappa shape index (κ3) is 4.04. The van der Waals surface area contributed by atoms with Crippen molar-refractivity contribution in [1.82, 2.24) is 4.90 Å². The summed E-state index contributed by atoms with van der Waals surface area (Å²) in [5.74, 6) is -0.361. The van der Waals surface area contributed by atoms with E-state index in [4.69, 9.17) is 4.74 Å². The van der Waals surface area contributed by atoms with Crippen LogP contribution in [0.4, 0.5) is 11.4 Å². The van der Waals surface area contributed by atoms with Crippen molar-refractivity contribution in [3.8, 4) is 0 Å². The van der Waals surface area contributed by atoms with Crippen LogP contribution in [-0.2, 0) is 19.1 Å². The highest BCUT2D eigenvalue weighted by atomic mass is 16.5. The van der Waals surface area contributed by atoms with Crippen LogP contribution >= 0.6 is 0 Å². The fourth-order valence-electron chi connectivity index (χ4n) is 4.41. The predicted molar refractivity (Wildman–Crippen MR) is 105 cm³/mol. The molecule has 3 amide bonds. The van der Waals surface area contributed by atoms with Crippen molar-refractivity contribution in [2.75, 3.05) is 36.5 Å². The average molecular weight is 385 g/mol. The maximum Gasteiger partial charge on any atom is 0.253 e. The molecule has 3 aliphatic rings. The quantitative estimate of drug-likeness (QED) is 0.862. The summed E-state index contributed by atoms with van der Waals surface area (Å²) in [7, 11) is 0. The average Bonchev–Trinajstić information content (AvgIpc) is 3.12. The van der Waals surface area contributed by atoms with Gasteiger partial charge in [0.2, 0.25) is 11.8 Å². The Bertz CT molecular complexity index is 743. The molecule has 1 atom stereocenters. The summed E-state index contributed by atoms with van der Waals surface area (Å²) < 4.78 is 5.15. The lowest BCUT2D eigenvalue weighted by atomic mass is 9.94. The van der Waals surface area contributed by atoms with Gasteiger partial charge in [-0.2, -0.15) is 0 Å². The van der Waals surface area contributed by atoms with E-state index in [2.05, 4.69) is 5.32 Å². The van der Waals surface area contributed by atoms with E-state index in [1.807, 2.05) is 17.0 Å². The second kappa shape index (κ2) is 8.31. The molecule has 1 aromatic rings. The lowest BCUT2D eigenvalue weighted by Crippen LogP contribution is -2.41. The fraction of sp³-hybridized carbons (Fsp3) is 0.571. The molecule has 1 unspecified atom stereocenters. The molecule has 7 heteroatoms. The summed E-state index contributed by atoms with van der Waals surface area (Å²) >= 11 is 0. The molecular weight excluding hydrogens is 358 g/mol. The number of nitrogens with one attached hydrogen (secondary N) is 1. The van der Waals surface area contributed by atoms with Crippen LogP contribution in [0, 0.1) is 5.92 Å². The number of benzene rings is 1. The van der Waals surface area contributed by atoms with Crippen LogP contribution in [-0.4, -0.2) is 55.0 Å². The molecule has 4 rings (SSSR count). The standard InChI is InChI=1S/C21H27N3O4/c25-19-12-15(13-24(19)17-4-2-1-3-5-17)21(27)22-16-6-8-18(9-7-16)23-10-11-28-14-20(23)26/h6-9,15,17H,1-5,10-14H2,(H,22,27). The van der Waals surface area contributed by atoms with Gasteiger partial charge < -0.3 is 19.9 Å². The number of hydrogen-bond donors (Lipinski definition) is 1. The Hall–Kier alpha value is -2.41. The SMILES string of the molecule is O=C(Nc1ccc(N2CCOCC2=O)cc1)C1CC(=O)N(C2CCCCC2)C1. The Morgan fingerprint density at radius 3 is 2.50 bits per heavy atom. The van der Waals surface area contributed by atoms with Crippen LogP contribution in [0.3, 0.4) is 0 Å². The Labute approximate surface area is 165 Å². The van der Waals surface area contributed by atoms with Crippen LogP contribution < -0.4 is 10.2 Å². The molecule has 0 spiro atoms. The summed E-state index contributed by atoms with van der Waals surface area (Å²) in [5, 5.41) is 2.92. The van der Waals surface area contributed by atoms with Gasteiger partial charge in [0.25, 0.3) is 5.91 Å². The third-order valence-corrected chi connectivity index (χ3v) is 5.98. The monoisotopic (exact) mass is 385 g/mol.